The van der Waals surface area contributed by atoms with E-state index < -0.39 is 0 Å². The van der Waals surface area contributed by atoms with Gasteiger partial charge in [-0.15, -0.1) is 5.10 Å². The van der Waals surface area contributed by atoms with Crippen LogP contribution in [0.5, 0.6) is 0 Å². The molecule has 1 aromatic carbocycles. The zero-order chi connectivity index (χ0) is 13.8. The van der Waals surface area contributed by atoms with E-state index in [9.17, 15) is 0 Å². The fourth-order valence-electron chi connectivity index (χ4n) is 2.80. The van der Waals surface area contributed by atoms with Gasteiger partial charge in [-0.05, 0) is 32.1 Å². The van der Waals surface area contributed by atoms with Crippen LogP contribution in [0.25, 0.3) is 10.8 Å². The van der Waals surface area contributed by atoms with Crippen molar-refractivity contribution in [3.05, 3.63) is 30.0 Å². The molecule has 0 amide bonds. The molecule has 0 radical (unpaired) electrons. The van der Waals surface area contributed by atoms with Gasteiger partial charge in [-0.25, -0.2) is 0 Å². The maximum absolute atomic E-state index is 5.52. The predicted octanol–water partition coefficient (Wildman–Crippen LogP) is 3.17. The van der Waals surface area contributed by atoms with Gasteiger partial charge in [-0.1, -0.05) is 24.3 Å². The van der Waals surface area contributed by atoms with Crippen LogP contribution in [-0.4, -0.2) is 30.0 Å². The number of aromatic nitrogens is 2. The van der Waals surface area contributed by atoms with E-state index in [1.165, 1.54) is 18.2 Å². The highest BCUT2D eigenvalue weighted by atomic mass is 16.5. The summed E-state index contributed by atoms with van der Waals surface area (Å²) in [6, 6.07) is 8.28. The largest absolute Gasteiger partial charge is 0.381 e. The molecule has 1 unspecified atom stereocenters. The molecular weight excluding hydrogens is 250 g/mol. The topological polar surface area (TPSA) is 47.0 Å². The van der Waals surface area contributed by atoms with Crippen LogP contribution in [0.3, 0.4) is 0 Å². The standard InChI is InChI=1S/C16H21N3O/c1-12-14-6-2-3-7-15(14)16(19-18-12)17-9-8-13-5-4-10-20-11-13/h2-3,6-7,13H,4-5,8-11H2,1H3,(H,17,19). The number of hydrogen-bond acceptors (Lipinski definition) is 4. The van der Waals surface area contributed by atoms with Crippen molar-refractivity contribution in [3.8, 4) is 0 Å². The monoisotopic (exact) mass is 271 g/mol. The van der Waals surface area contributed by atoms with Crippen LogP contribution >= 0.6 is 0 Å². The molecule has 1 saturated heterocycles. The van der Waals surface area contributed by atoms with E-state index in [1.807, 2.05) is 19.1 Å². The van der Waals surface area contributed by atoms with Crippen LogP contribution in [-0.2, 0) is 4.74 Å². The molecule has 106 valence electrons. The lowest BCUT2D eigenvalue weighted by Gasteiger charge is -2.22. The van der Waals surface area contributed by atoms with Crippen LogP contribution in [0.2, 0.25) is 0 Å². The third-order valence-corrected chi connectivity index (χ3v) is 3.97. The average molecular weight is 271 g/mol. The summed E-state index contributed by atoms with van der Waals surface area (Å²) in [5.74, 6) is 1.57. The number of benzene rings is 1. The fourth-order valence-corrected chi connectivity index (χ4v) is 2.80. The van der Waals surface area contributed by atoms with Crippen LogP contribution < -0.4 is 5.32 Å². The second-order valence-corrected chi connectivity index (χ2v) is 5.48. The number of anilines is 1. The van der Waals surface area contributed by atoms with E-state index in [2.05, 4.69) is 27.6 Å². The Kier molecular flexibility index (Phi) is 4.11. The van der Waals surface area contributed by atoms with E-state index in [4.69, 9.17) is 4.74 Å². The summed E-state index contributed by atoms with van der Waals surface area (Å²) in [6.45, 7) is 4.76. The van der Waals surface area contributed by atoms with Gasteiger partial charge in [0.2, 0.25) is 0 Å². The highest BCUT2D eigenvalue weighted by molar-refractivity contribution is 5.92. The van der Waals surface area contributed by atoms with Gasteiger partial charge >= 0.3 is 0 Å². The highest BCUT2D eigenvalue weighted by Gasteiger charge is 2.13. The summed E-state index contributed by atoms with van der Waals surface area (Å²) in [6.07, 6.45) is 3.60. The number of ether oxygens (including phenoxy) is 1. The molecule has 0 aliphatic carbocycles. The molecule has 1 aliphatic heterocycles. The van der Waals surface area contributed by atoms with Crippen molar-refractivity contribution >= 4 is 16.6 Å². The Bertz CT molecular complexity index is 579. The van der Waals surface area contributed by atoms with Crippen LogP contribution in [0.1, 0.15) is 25.0 Å². The number of rotatable bonds is 4. The average Bonchev–Trinajstić information content (AvgIpc) is 2.51. The Labute approximate surface area is 119 Å². The van der Waals surface area contributed by atoms with Crippen molar-refractivity contribution in [2.45, 2.75) is 26.2 Å². The van der Waals surface area contributed by atoms with Crippen molar-refractivity contribution in [2.75, 3.05) is 25.1 Å². The molecule has 0 saturated carbocycles. The van der Waals surface area contributed by atoms with E-state index in [0.717, 1.165) is 43.1 Å². The summed E-state index contributed by atoms with van der Waals surface area (Å²) in [5, 5.41) is 14.3. The molecule has 4 nitrogen and oxygen atoms in total. The van der Waals surface area contributed by atoms with Gasteiger partial charge < -0.3 is 10.1 Å². The zero-order valence-electron chi connectivity index (χ0n) is 11.9. The molecule has 4 heteroatoms. The van der Waals surface area contributed by atoms with E-state index >= 15 is 0 Å². The summed E-state index contributed by atoms with van der Waals surface area (Å²) in [7, 11) is 0. The van der Waals surface area contributed by atoms with Gasteiger partial charge in [0, 0.05) is 30.5 Å². The van der Waals surface area contributed by atoms with Crippen molar-refractivity contribution in [1.29, 1.82) is 0 Å². The lowest BCUT2D eigenvalue weighted by molar-refractivity contribution is 0.0530. The fraction of sp³-hybridized carbons (Fsp3) is 0.500. The first-order chi connectivity index (χ1) is 9.84. The van der Waals surface area contributed by atoms with Gasteiger partial charge in [0.15, 0.2) is 5.82 Å². The molecular formula is C16H21N3O. The van der Waals surface area contributed by atoms with Crippen molar-refractivity contribution < 1.29 is 4.74 Å². The van der Waals surface area contributed by atoms with Crippen LogP contribution in [0.4, 0.5) is 5.82 Å². The SMILES string of the molecule is Cc1nnc(NCCC2CCCOC2)c2ccccc12. The van der Waals surface area contributed by atoms with E-state index in [-0.39, 0.29) is 0 Å². The summed E-state index contributed by atoms with van der Waals surface area (Å²) in [5.41, 5.74) is 0.979. The maximum atomic E-state index is 5.52. The van der Waals surface area contributed by atoms with Gasteiger partial charge in [0.25, 0.3) is 0 Å². The van der Waals surface area contributed by atoms with Gasteiger partial charge in [-0.2, -0.15) is 5.10 Å². The molecule has 0 bridgehead atoms. The number of nitrogens with zero attached hydrogens (tertiary/aromatic N) is 2. The van der Waals surface area contributed by atoms with Crippen molar-refractivity contribution in [3.63, 3.8) is 0 Å². The molecule has 20 heavy (non-hydrogen) atoms. The lowest BCUT2D eigenvalue weighted by Crippen LogP contribution is -2.20. The second kappa shape index (κ2) is 6.18. The van der Waals surface area contributed by atoms with Crippen LogP contribution in [0, 0.1) is 12.8 Å². The highest BCUT2D eigenvalue weighted by Crippen LogP contribution is 2.23. The Morgan fingerprint density at radius 2 is 2.10 bits per heavy atom. The Hall–Kier alpha value is -1.68. The number of fused-ring (bicyclic) bond motifs is 1. The second-order valence-electron chi connectivity index (χ2n) is 5.48. The molecule has 1 fully saturated rings. The predicted molar refractivity (Wildman–Crippen MR) is 80.9 cm³/mol. The minimum Gasteiger partial charge on any atom is -0.381 e. The van der Waals surface area contributed by atoms with Gasteiger partial charge in [0.05, 0.1) is 5.69 Å². The molecule has 1 aromatic heterocycles. The minimum absolute atomic E-state index is 0.681. The quantitative estimate of drug-likeness (QED) is 0.928. The summed E-state index contributed by atoms with van der Waals surface area (Å²) in [4.78, 5) is 0. The zero-order valence-corrected chi connectivity index (χ0v) is 11.9. The maximum Gasteiger partial charge on any atom is 0.156 e. The Morgan fingerprint density at radius 3 is 2.90 bits per heavy atom. The van der Waals surface area contributed by atoms with E-state index in [0.29, 0.717) is 5.92 Å². The van der Waals surface area contributed by atoms with Crippen LogP contribution in [0.15, 0.2) is 24.3 Å². The normalized spacial score (nSPS) is 19.1. The molecule has 3 rings (SSSR count). The Morgan fingerprint density at radius 1 is 1.25 bits per heavy atom. The number of aryl methyl sites for hydroxylation is 1. The van der Waals surface area contributed by atoms with Gasteiger partial charge in [0.1, 0.15) is 0 Å². The molecule has 2 aromatic rings. The van der Waals surface area contributed by atoms with Gasteiger partial charge in [-0.3, -0.25) is 0 Å². The molecule has 1 aliphatic rings. The molecule has 1 N–H and O–H groups in total. The lowest BCUT2D eigenvalue weighted by atomic mass is 9.99. The van der Waals surface area contributed by atoms with E-state index in [1.54, 1.807) is 0 Å². The first kappa shape index (κ1) is 13.3. The third kappa shape index (κ3) is 2.90. The first-order valence-electron chi connectivity index (χ1n) is 7.38. The minimum atomic E-state index is 0.681. The summed E-state index contributed by atoms with van der Waals surface area (Å²) < 4.78 is 5.52. The molecule has 2 heterocycles. The summed E-state index contributed by atoms with van der Waals surface area (Å²) >= 11 is 0. The Balaban J connectivity index is 1.67. The first-order valence-corrected chi connectivity index (χ1v) is 7.38. The molecule has 1 atom stereocenters. The molecule has 0 spiro atoms. The number of hydrogen-bond donors (Lipinski definition) is 1. The smallest absolute Gasteiger partial charge is 0.156 e. The number of nitrogens with one attached hydrogen (secondary N) is 1. The van der Waals surface area contributed by atoms with Crippen molar-refractivity contribution in [1.82, 2.24) is 10.2 Å². The van der Waals surface area contributed by atoms with Crippen molar-refractivity contribution in [2.24, 2.45) is 5.92 Å². The third-order valence-electron chi connectivity index (χ3n) is 3.97.